The van der Waals surface area contributed by atoms with Crippen molar-refractivity contribution >= 4 is 37.5 Å². The zero-order valence-electron chi connectivity index (χ0n) is 15.8. The summed E-state index contributed by atoms with van der Waals surface area (Å²) in [5.41, 5.74) is 7.84. The van der Waals surface area contributed by atoms with Gasteiger partial charge >= 0.3 is 0 Å². The van der Waals surface area contributed by atoms with E-state index in [1.807, 2.05) is 0 Å². The third-order valence-corrected chi connectivity index (χ3v) is 6.32. The Kier molecular flexibility index (Phi) is 12.7. The third kappa shape index (κ3) is 9.33. The first-order valence-electron chi connectivity index (χ1n) is 10.0. The molecule has 0 unspecified atom stereocenters. The number of rotatable bonds is 14. The van der Waals surface area contributed by atoms with Gasteiger partial charge in [0.15, 0.2) is 0 Å². The van der Waals surface area contributed by atoms with Gasteiger partial charge in [0.2, 0.25) is 0 Å². The smallest absolute Gasteiger partial charge is 0.144 e. The minimum Gasteiger partial charge on any atom is -0.506 e. The van der Waals surface area contributed by atoms with Gasteiger partial charge in [-0.2, -0.15) is 0 Å². The molecule has 1 aromatic carbocycles. The summed E-state index contributed by atoms with van der Waals surface area (Å²) in [5.74, 6) is 0.249. The monoisotopic (exact) mass is 475 g/mol. The molecule has 0 aromatic heterocycles. The fraction of sp³-hybridized carbons (Fsp3) is 0.714. The van der Waals surface area contributed by atoms with Crippen LogP contribution in [0.5, 0.6) is 5.75 Å². The maximum atomic E-state index is 9.97. The maximum Gasteiger partial charge on any atom is 0.144 e. The highest BCUT2D eigenvalue weighted by atomic mass is 79.9. The van der Waals surface area contributed by atoms with Crippen molar-refractivity contribution in [3.05, 3.63) is 20.6 Å². The Morgan fingerprint density at radius 2 is 1.24 bits per heavy atom. The van der Waals surface area contributed by atoms with Crippen molar-refractivity contribution in [2.75, 3.05) is 5.73 Å². The van der Waals surface area contributed by atoms with Crippen LogP contribution in [0, 0.1) is 0 Å². The molecular formula is C21H35Br2NO. The molecule has 144 valence electrons. The van der Waals surface area contributed by atoms with Crippen LogP contribution in [0.25, 0.3) is 0 Å². The predicted molar refractivity (Wildman–Crippen MR) is 117 cm³/mol. The Labute approximate surface area is 171 Å². The molecule has 0 spiro atoms. The zero-order valence-corrected chi connectivity index (χ0v) is 18.9. The summed E-state index contributed by atoms with van der Waals surface area (Å²) in [7, 11) is 0. The predicted octanol–water partition coefficient (Wildman–Crippen LogP) is 8.13. The third-order valence-electron chi connectivity index (χ3n) is 4.86. The van der Waals surface area contributed by atoms with Crippen LogP contribution in [0.15, 0.2) is 15.0 Å². The molecule has 0 saturated heterocycles. The SMILES string of the molecule is CCCCCCCCCCCCCCCc1c(N)cc(Br)c(O)c1Br. The Morgan fingerprint density at radius 3 is 1.72 bits per heavy atom. The van der Waals surface area contributed by atoms with E-state index in [2.05, 4.69) is 38.8 Å². The molecule has 4 heteroatoms. The summed E-state index contributed by atoms with van der Waals surface area (Å²) >= 11 is 6.77. The molecule has 0 aliphatic carbocycles. The van der Waals surface area contributed by atoms with Gasteiger partial charge in [-0.05, 0) is 56.3 Å². The zero-order chi connectivity index (χ0) is 18.5. The van der Waals surface area contributed by atoms with Crippen molar-refractivity contribution in [2.45, 2.75) is 96.8 Å². The molecule has 1 rings (SSSR count). The molecule has 0 heterocycles. The van der Waals surface area contributed by atoms with E-state index in [1.54, 1.807) is 6.07 Å². The van der Waals surface area contributed by atoms with Crippen LogP contribution in [-0.2, 0) is 6.42 Å². The second kappa shape index (κ2) is 13.9. The molecule has 0 radical (unpaired) electrons. The van der Waals surface area contributed by atoms with E-state index in [0.717, 1.165) is 28.6 Å². The van der Waals surface area contributed by atoms with E-state index in [4.69, 9.17) is 5.73 Å². The Hall–Kier alpha value is -0.220. The van der Waals surface area contributed by atoms with Gasteiger partial charge in [-0.15, -0.1) is 0 Å². The first-order chi connectivity index (χ1) is 12.1. The van der Waals surface area contributed by atoms with Gasteiger partial charge in [0, 0.05) is 5.69 Å². The summed E-state index contributed by atoms with van der Waals surface area (Å²) in [5, 5.41) is 9.97. The molecule has 25 heavy (non-hydrogen) atoms. The van der Waals surface area contributed by atoms with Crippen molar-refractivity contribution < 1.29 is 5.11 Å². The molecular weight excluding hydrogens is 442 g/mol. The van der Waals surface area contributed by atoms with E-state index >= 15 is 0 Å². The van der Waals surface area contributed by atoms with Gasteiger partial charge < -0.3 is 10.8 Å². The summed E-state index contributed by atoms with van der Waals surface area (Å²) in [6, 6.07) is 1.79. The lowest BCUT2D eigenvalue weighted by molar-refractivity contribution is 0.467. The van der Waals surface area contributed by atoms with E-state index in [0.29, 0.717) is 4.47 Å². The van der Waals surface area contributed by atoms with Crippen molar-refractivity contribution in [2.24, 2.45) is 0 Å². The number of benzene rings is 1. The van der Waals surface area contributed by atoms with Crippen molar-refractivity contribution in [3.63, 3.8) is 0 Å². The van der Waals surface area contributed by atoms with Gasteiger partial charge in [-0.3, -0.25) is 0 Å². The number of aromatic hydroxyl groups is 1. The highest BCUT2D eigenvalue weighted by molar-refractivity contribution is 9.11. The molecule has 0 bridgehead atoms. The highest BCUT2D eigenvalue weighted by Gasteiger charge is 2.12. The number of unbranched alkanes of at least 4 members (excludes halogenated alkanes) is 12. The van der Waals surface area contributed by atoms with Crippen LogP contribution in [0.3, 0.4) is 0 Å². The lowest BCUT2D eigenvalue weighted by atomic mass is 10.0. The molecule has 3 N–H and O–H groups in total. The van der Waals surface area contributed by atoms with Crippen LogP contribution in [0.4, 0.5) is 5.69 Å². The molecule has 0 fully saturated rings. The largest absolute Gasteiger partial charge is 0.506 e. The number of anilines is 1. The van der Waals surface area contributed by atoms with Crippen LogP contribution in [-0.4, -0.2) is 5.11 Å². The quantitative estimate of drug-likeness (QED) is 0.161. The van der Waals surface area contributed by atoms with Crippen molar-refractivity contribution in [1.82, 2.24) is 0 Å². The minimum atomic E-state index is 0.249. The van der Waals surface area contributed by atoms with Gasteiger partial charge in [0.1, 0.15) is 5.75 Å². The van der Waals surface area contributed by atoms with Crippen LogP contribution in [0.1, 0.15) is 96.0 Å². The van der Waals surface area contributed by atoms with Gasteiger partial charge in [0.25, 0.3) is 0 Å². The van der Waals surface area contributed by atoms with Crippen LogP contribution < -0.4 is 5.73 Å². The molecule has 0 aliphatic heterocycles. The number of hydrogen-bond donors (Lipinski definition) is 2. The van der Waals surface area contributed by atoms with Gasteiger partial charge in [-0.1, -0.05) is 84.0 Å². The van der Waals surface area contributed by atoms with Crippen LogP contribution in [0.2, 0.25) is 0 Å². The summed E-state index contributed by atoms with van der Waals surface area (Å²) in [6.07, 6.45) is 18.6. The van der Waals surface area contributed by atoms with E-state index < -0.39 is 0 Å². The minimum absolute atomic E-state index is 0.249. The average molecular weight is 477 g/mol. The van der Waals surface area contributed by atoms with E-state index in [1.165, 1.54) is 77.0 Å². The lowest BCUT2D eigenvalue weighted by Gasteiger charge is -2.11. The average Bonchev–Trinajstić information content (AvgIpc) is 2.59. The number of halogens is 2. The number of nitrogens with two attached hydrogens (primary N) is 1. The Bertz CT molecular complexity index is 491. The van der Waals surface area contributed by atoms with Crippen LogP contribution >= 0.6 is 31.9 Å². The molecule has 2 nitrogen and oxygen atoms in total. The molecule has 0 saturated carbocycles. The summed E-state index contributed by atoms with van der Waals surface area (Å²) in [6.45, 7) is 2.27. The second-order valence-corrected chi connectivity index (χ2v) is 8.73. The van der Waals surface area contributed by atoms with E-state index in [-0.39, 0.29) is 5.75 Å². The van der Waals surface area contributed by atoms with E-state index in [9.17, 15) is 5.11 Å². The number of nitrogen functional groups attached to an aromatic ring is 1. The molecule has 0 amide bonds. The summed E-state index contributed by atoms with van der Waals surface area (Å²) < 4.78 is 1.38. The lowest BCUT2D eigenvalue weighted by Crippen LogP contribution is -1.97. The fourth-order valence-corrected chi connectivity index (χ4v) is 4.59. The summed E-state index contributed by atoms with van der Waals surface area (Å²) in [4.78, 5) is 0. The normalized spacial score (nSPS) is 11.2. The number of phenolic OH excluding ortho intramolecular Hbond substituents is 1. The second-order valence-electron chi connectivity index (χ2n) is 7.08. The molecule has 0 aliphatic rings. The highest BCUT2D eigenvalue weighted by Crippen LogP contribution is 2.39. The van der Waals surface area contributed by atoms with Gasteiger partial charge in [-0.25, -0.2) is 0 Å². The first-order valence-corrected chi connectivity index (χ1v) is 11.6. The fourth-order valence-electron chi connectivity index (χ4n) is 3.24. The number of phenols is 1. The van der Waals surface area contributed by atoms with Crippen molar-refractivity contribution in [3.8, 4) is 5.75 Å². The maximum absolute atomic E-state index is 9.97. The topological polar surface area (TPSA) is 46.2 Å². The Balaban J connectivity index is 2.02. The molecule has 0 atom stereocenters. The first kappa shape index (κ1) is 22.8. The standard InChI is InChI=1S/C21H35Br2NO/c1-2-3-4-5-6-7-8-9-10-11-12-13-14-15-17-19(24)16-18(22)21(25)20(17)23/h16,25H,2-15,24H2,1H3. The van der Waals surface area contributed by atoms with Crippen molar-refractivity contribution in [1.29, 1.82) is 0 Å². The number of hydrogen-bond acceptors (Lipinski definition) is 2. The molecule has 1 aromatic rings. The van der Waals surface area contributed by atoms with Gasteiger partial charge in [0.05, 0.1) is 8.95 Å². The Morgan fingerprint density at radius 1 is 0.800 bits per heavy atom.